The molecule has 4 nitrogen and oxygen atoms in total. The van der Waals surface area contributed by atoms with Crippen molar-refractivity contribution in [3.05, 3.63) is 63.8 Å². The second-order valence-electron chi connectivity index (χ2n) is 4.94. The molecule has 0 saturated heterocycles. The maximum Gasteiger partial charge on any atom is 0.416 e. The summed E-state index contributed by atoms with van der Waals surface area (Å²) in [7, 11) is 0. The molecule has 1 N–H and O–H groups in total. The lowest BCUT2D eigenvalue weighted by Gasteiger charge is -2.14. The average Bonchev–Trinajstić information content (AvgIpc) is 2.59. The van der Waals surface area contributed by atoms with Gasteiger partial charge in [-0.1, -0.05) is 15.9 Å². The molecule has 0 bridgehead atoms. The zero-order valence-corrected chi connectivity index (χ0v) is 14.6. The minimum absolute atomic E-state index is 0.111. The number of anilines is 1. The molecule has 138 valence electrons. The monoisotopic (exact) mass is 443 g/mol. The fourth-order valence-electron chi connectivity index (χ4n) is 1.87. The Morgan fingerprint density at radius 3 is 2.19 bits per heavy atom. The van der Waals surface area contributed by atoms with E-state index in [2.05, 4.69) is 21.2 Å². The standard InChI is InChI=1S/C17H7BrF5N3O/c18-11-1-2-14(26-8-9(6-24)7-25)15(5-11)27-16-12(19)3-10(4-13(16)20)17(21,22)23/h1-5,8,26H. The number of nitrogens with one attached hydrogen (secondary N) is 1. The molecule has 0 spiro atoms. The third-order valence-electron chi connectivity index (χ3n) is 3.09. The summed E-state index contributed by atoms with van der Waals surface area (Å²) in [4.78, 5) is 0. The number of halogens is 6. The Morgan fingerprint density at radius 1 is 1.07 bits per heavy atom. The van der Waals surface area contributed by atoms with Crippen molar-refractivity contribution >= 4 is 21.6 Å². The normalized spacial score (nSPS) is 10.5. The molecule has 0 aromatic heterocycles. The molecule has 0 fully saturated rings. The van der Waals surface area contributed by atoms with Crippen molar-refractivity contribution < 1.29 is 26.7 Å². The van der Waals surface area contributed by atoms with Crippen LogP contribution in [0.15, 0.2) is 46.6 Å². The van der Waals surface area contributed by atoms with Crippen LogP contribution in [0, 0.1) is 34.3 Å². The van der Waals surface area contributed by atoms with Crippen LogP contribution < -0.4 is 10.1 Å². The minimum atomic E-state index is -4.92. The van der Waals surface area contributed by atoms with Crippen LogP contribution in [-0.4, -0.2) is 0 Å². The predicted octanol–water partition coefficient (Wildman–Crippen LogP) is 5.88. The molecule has 27 heavy (non-hydrogen) atoms. The third kappa shape index (κ3) is 4.96. The van der Waals surface area contributed by atoms with Gasteiger partial charge in [-0.25, -0.2) is 8.78 Å². The molecule has 0 aliphatic heterocycles. The molecule has 0 unspecified atom stereocenters. The summed E-state index contributed by atoms with van der Waals surface area (Å²) >= 11 is 3.13. The number of benzene rings is 2. The molecule has 0 heterocycles. The van der Waals surface area contributed by atoms with Gasteiger partial charge in [0.05, 0.1) is 11.3 Å². The van der Waals surface area contributed by atoms with E-state index in [-0.39, 0.29) is 29.1 Å². The van der Waals surface area contributed by atoms with Gasteiger partial charge in [0.2, 0.25) is 0 Å². The highest BCUT2D eigenvalue weighted by Crippen LogP contribution is 2.38. The fraction of sp³-hybridized carbons (Fsp3) is 0.0588. The number of nitriles is 2. The number of ether oxygens (including phenoxy) is 1. The highest BCUT2D eigenvalue weighted by molar-refractivity contribution is 9.10. The Bertz CT molecular complexity index is 951. The van der Waals surface area contributed by atoms with Crippen LogP contribution in [0.3, 0.4) is 0 Å². The number of hydrogen-bond acceptors (Lipinski definition) is 4. The largest absolute Gasteiger partial charge is 0.449 e. The molecular formula is C17H7BrF5N3O. The molecule has 0 amide bonds. The summed E-state index contributed by atoms with van der Waals surface area (Å²) < 4.78 is 71.4. The summed E-state index contributed by atoms with van der Waals surface area (Å²) in [5.74, 6) is -4.28. The van der Waals surface area contributed by atoms with Gasteiger partial charge in [0, 0.05) is 10.7 Å². The van der Waals surface area contributed by atoms with Gasteiger partial charge in [0.1, 0.15) is 17.7 Å². The highest BCUT2D eigenvalue weighted by atomic mass is 79.9. The van der Waals surface area contributed by atoms with Gasteiger partial charge in [-0.3, -0.25) is 0 Å². The van der Waals surface area contributed by atoms with Gasteiger partial charge in [-0.15, -0.1) is 0 Å². The smallest absolute Gasteiger partial charge is 0.416 e. The molecular weight excluding hydrogens is 437 g/mol. The second-order valence-corrected chi connectivity index (χ2v) is 5.85. The van der Waals surface area contributed by atoms with Gasteiger partial charge in [0.25, 0.3) is 0 Å². The fourth-order valence-corrected chi connectivity index (χ4v) is 2.21. The van der Waals surface area contributed by atoms with E-state index in [9.17, 15) is 22.0 Å². The molecule has 0 aliphatic carbocycles. The summed E-state index contributed by atoms with van der Waals surface area (Å²) in [6.07, 6.45) is -3.88. The predicted molar refractivity (Wildman–Crippen MR) is 88.5 cm³/mol. The maximum absolute atomic E-state index is 14.0. The van der Waals surface area contributed by atoms with Crippen molar-refractivity contribution in [1.29, 1.82) is 10.5 Å². The van der Waals surface area contributed by atoms with E-state index in [1.807, 2.05) is 0 Å². The second kappa shape index (κ2) is 8.06. The summed E-state index contributed by atoms with van der Waals surface area (Å²) in [6.45, 7) is 0. The van der Waals surface area contributed by atoms with Gasteiger partial charge >= 0.3 is 6.18 Å². The van der Waals surface area contributed by atoms with E-state index in [4.69, 9.17) is 15.3 Å². The molecule has 2 rings (SSSR count). The van der Waals surface area contributed by atoms with Crippen molar-refractivity contribution in [2.75, 3.05) is 5.32 Å². The van der Waals surface area contributed by atoms with E-state index < -0.39 is 29.1 Å². The Kier molecular flexibility index (Phi) is 6.03. The van der Waals surface area contributed by atoms with E-state index in [0.29, 0.717) is 4.47 Å². The number of rotatable bonds is 4. The van der Waals surface area contributed by atoms with Crippen LogP contribution in [0.4, 0.5) is 27.6 Å². The van der Waals surface area contributed by atoms with E-state index >= 15 is 0 Å². The first kappa shape index (κ1) is 20.2. The molecule has 2 aromatic carbocycles. The first-order valence-electron chi connectivity index (χ1n) is 6.96. The van der Waals surface area contributed by atoms with Crippen LogP contribution in [-0.2, 0) is 6.18 Å². The van der Waals surface area contributed by atoms with Gasteiger partial charge in [0.15, 0.2) is 23.1 Å². The Hall–Kier alpha value is -3.11. The summed E-state index contributed by atoms with van der Waals surface area (Å²) in [6, 6.07) is 7.67. The zero-order valence-electron chi connectivity index (χ0n) is 13.0. The minimum Gasteiger partial charge on any atom is -0.449 e. The molecule has 10 heteroatoms. The Morgan fingerprint density at radius 2 is 1.67 bits per heavy atom. The lowest BCUT2D eigenvalue weighted by Crippen LogP contribution is -2.07. The van der Waals surface area contributed by atoms with E-state index in [1.165, 1.54) is 18.2 Å². The quantitative estimate of drug-likeness (QED) is 0.473. The lowest BCUT2D eigenvalue weighted by molar-refractivity contribution is -0.138. The molecule has 0 aliphatic rings. The Labute approximate surface area is 158 Å². The van der Waals surface area contributed by atoms with Crippen LogP contribution in [0.2, 0.25) is 0 Å². The number of nitrogens with zero attached hydrogens (tertiary/aromatic N) is 2. The lowest BCUT2D eigenvalue weighted by atomic mass is 10.2. The Balaban J connectivity index is 2.44. The van der Waals surface area contributed by atoms with Gasteiger partial charge in [-0.2, -0.15) is 23.7 Å². The summed E-state index contributed by atoms with van der Waals surface area (Å²) in [5, 5.41) is 20.0. The van der Waals surface area contributed by atoms with Crippen LogP contribution in [0.1, 0.15) is 5.56 Å². The van der Waals surface area contributed by atoms with Crippen LogP contribution in [0.5, 0.6) is 11.5 Å². The molecule has 2 aromatic rings. The molecule has 0 atom stereocenters. The number of hydrogen-bond donors (Lipinski definition) is 1. The van der Waals surface area contributed by atoms with Crippen molar-refractivity contribution in [2.45, 2.75) is 6.18 Å². The van der Waals surface area contributed by atoms with Crippen LogP contribution >= 0.6 is 15.9 Å². The summed E-state index contributed by atoms with van der Waals surface area (Å²) in [5.41, 5.74) is -1.66. The average molecular weight is 444 g/mol. The zero-order chi connectivity index (χ0) is 20.2. The van der Waals surface area contributed by atoms with Crippen molar-refractivity contribution in [3.8, 4) is 23.6 Å². The first-order valence-corrected chi connectivity index (χ1v) is 7.75. The molecule has 0 radical (unpaired) electrons. The van der Waals surface area contributed by atoms with Crippen molar-refractivity contribution in [3.63, 3.8) is 0 Å². The third-order valence-corrected chi connectivity index (χ3v) is 3.59. The van der Waals surface area contributed by atoms with Crippen molar-refractivity contribution in [1.82, 2.24) is 0 Å². The van der Waals surface area contributed by atoms with Gasteiger partial charge < -0.3 is 10.1 Å². The molecule has 0 saturated carbocycles. The highest BCUT2D eigenvalue weighted by Gasteiger charge is 2.33. The topological polar surface area (TPSA) is 68.8 Å². The van der Waals surface area contributed by atoms with Crippen molar-refractivity contribution in [2.24, 2.45) is 0 Å². The van der Waals surface area contributed by atoms with Crippen LogP contribution in [0.25, 0.3) is 0 Å². The van der Waals surface area contributed by atoms with E-state index in [1.54, 1.807) is 12.1 Å². The van der Waals surface area contributed by atoms with E-state index in [0.717, 1.165) is 6.20 Å². The maximum atomic E-state index is 14.0. The first-order chi connectivity index (χ1) is 12.7. The SMILES string of the molecule is N#CC(C#N)=CNc1ccc(Br)cc1Oc1c(F)cc(C(F)(F)F)cc1F. The number of alkyl halides is 3. The number of allylic oxidation sites excluding steroid dienone is 1. The van der Waals surface area contributed by atoms with Gasteiger partial charge in [-0.05, 0) is 30.3 Å².